The SMILES string of the molecule is CCCn1nc(CC2CCCCC2)nc1Cc1ccc(-c2ccncc2-c2nnn[nH]2)cc1. The number of benzene rings is 1. The average molecular weight is 443 g/mol. The molecule has 1 saturated carbocycles. The molecule has 1 fully saturated rings. The van der Waals surface area contributed by atoms with Gasteiger partial charge in [-0.05, 0) is 45.5 Å². The summed E-state index contributed by atoms with van der Waals surface area (Å²) in [6.07, 6.45) is 13.2. The summed E-state index contributed by atoms with van der Waals surface area (Å²) in [7, 11) is 0. The van der Waals surface area contributed by atoms with E-state index in [1.54, 1.807) is 12.4 Å². The van der Waals surface area contributed by atoms with Crippen LogP contribution in [0.4, 0.5) is 0 Å². The molecule has 0 amide bonds. The molecular weight excluding hydrogens is 412 g/mol. The number of nitrogens with one attached hydrogen (secondary N) is 1. The molecule has 1 aromatic carbocycles. The summed E-state index contributed by atoms with van der Waals surface area (Å²) >= 11 is 0. The molecule has 0 radical (unpaired) electrons. The first kappa shape index (κ1) is 21.4. The van der Waals surface area contributed by atoms with Gasteiger partial charge in [-0.2, -0.15) is 5.10 Å². The molecule has 8 heteroatoms. The van der Waals surface area contributed by atoms with Crippen molar-refractivity contribution in [2.75, 3.05) is 0 Å². The van der Waals surface area contributed by atoms with E-state index in [1.165, 1.54) is 37.7 Å². The topological polar surface area (TPSA) is 98.1 Å². The van der Waals surface area contributed by atoms with E-state index in [9.17, 15) is 0 Å². The average Bonchev–Trinajstić information content (AvgIpc) is 3.51. The van der Waals surface area contributed by atoms with Gasteiger partial charge in [0.05, 0.1) is 0 Å². The van der Waals surface area contributed by atoms with E-state index in [0.29, 0.717) is 5.82 Å². The third kappa shape index (κ3) is 4.99. The van der Waals surface area contributed by atoms with Crippen LogP contribution in [0.5, 0.6) is 0 Å². The number of aryl methyl sites for hydroxylation is 1. The lowest BCUT2D eigenvalue weighted by molar-refractivity contribution is 0.351. The van der Waals surface area contributed by atoms with Crippen molar-refractivity contribution in [3.63, 3.8) is 0 Å². The number of aromatic amines is 1. The molecule has 4 aromatic rings. The van der Waals surface area contributed by atoms with Crippen molar-refractivity contribution >= 4 is 0 Å². The van der Waals surface area contributed by atoms with Gasteiger partial charge in [0, 0.05) is 37.3 Å². The summed E-state index contributed by atoms with van der Waals surface area (Å²) in [4.78, 5) is 9.20. The molecule has 1 aliphatic carbocycles. The van der Waals surface area contributed by atoms with Crippen LogP contribution in [-0.4, -0.2) is 40.4 Å². The number of pyridine rings is 1. The lowest BCUT2D eigenvalue weighted by Gasteiger charge is -2.19. The highest BCUT2D eigenvalue weighted by molar-refractivity contribution is 5.79. The van der Waals surface area contributed by atoms with Gasteiger partial charge >= 0.3 is 0 Å². The van der Waals surface area contributed by atoms with Gasteiger partial charge < -0.3 is 0 Å². The minimum atomic E-state index is 0.611. The van der Waals surface area contributed by atoms with Gasteiger partial charge in [0.2, 0.25) is 0 Å². The number of nitrogens with zero attached hydrogens (tertiary/aromatic N) is 7. The molecule has 3 aromatic heterocycles. The van der Waals surface area contributed by atoms with Gasteiger partial charge in [-0.15, -0.1) is 5.10 Å². The van der Waals surface area contributed by atoms with E-state index in [-0.39, 0.29) is 0 Å². The zero-order valence-corrected chi connectivity index (χ0v) is 19.1. The highest BCUT2D eigenvalue weighted by atomic mass is 15.5. The molecule has 1 N–H and O–H groups in total. The molecule has 0 saturated heterocycles. The van der Waals surface area contributed by atoms with Crippen LogP contribution in [0.25, 0.3) is 22.5 Å². The number of aromatic nitrogens is 8. The Morgan fingerprint density at radius 1 is 1.03 bits per heavy atom. The predicted octanol–water partition coefficient (Wildman–Crippen LogP) is 4.64. The fraction of sp³-hybridized carbons (Fsp3) is 0.440. The van der Waals surface area contributed by atoms with Gasteiger partial charge in [0.25, 0.3) is 0 Å². The van der Waals surface area contributed by atoms with Crippen LogP contribution in [0.1, 0.15) is 62.7 Å². The molecule has 0 spiro atoms. The lowest BCUT2D eigenvalue weighted by Crippen LogP contribution is -2.10. The molecule has 0 bridgehead atoms. The summed E-state index contributed by atoms with van der Waals surface area (Å²) in [5.41, 5.74) is 4.24. The third-order valence-electron chi connectivity index (χ3n) is 6.47. The van der Waals surface area contributed by atoms with Crippen molar-refractivity contribution in [3.8, 4) is 22.5 Å². The fourth-order valence-electron chi connectivity index (χ4n) is 4.78. The van der Waals surface area contributed by atoms with Crippen LogP contribution in [0.3, 0.4) is 0 Å². The van der Waals surface area contributed by atoms with Gasteiger partial charge in [0.1, 0.15) is 5.82 Å². The van der Waals surface area contributed by atoms with Crippen LogP contribution in [0.2, 0.25) is 0 Å². The minimum Gasteiger partial charge on any atom is -0.264 e. The second kappa shape index (κ2) is 10.0. The molecule has 5 rings (SSSR count). The van der Waals surface area contributed by atoms with Gasteiger partial charge in [-0.25, -0.2) is 14.8 Å². The zero-order chi connectivity index (χ0) is 22.5. The Kier molecular flexibility index (Phi) is 6.51. The third-order valence-corrected chi connectivity index (χ3v) is 6.47. The van der Waals surface area contributed by atoms with Crippen LogP contribution >= 0.6 is 0 Å². The number of rotatable bonds is 8. The normalized spacial score (nSPS) is 14.6. The molecule has 8 nitrogen and oxygen atoms in total. The molecule has 0 unspecified atom stereocenters. The maximum Gasteiger partial charge on any atom is 0.181 e. The smallest absolute Gasteiger partial charge is 0.181 e. The van der Waals surface area contributed by atoms with Gasteiger partial charge in [0.15, 0.2) is 11.6 Å². The zero-order valence-electron chi connectivity index (χ0n) is 19.1. The van der Waals surface area contributed by atoms with E-state index in [0.717, 1.165) is 60.1 Å². The van der Waals surface area contributed by atoms with Crippen molar-refractivity contribution < 1.29 is 0 Å². The standard InChI is InChI=1S/C25H30N8/c1-2-14-33-24(27-23(30-33)15-18-6-4-3-5-7-18)16-19-8-10-20(11-9-19)21-12-13-26-17-22(21)25-28-31-32-29-25/h8-13,17-18H,2-7,14-16H2,1H3,(H,28,29,31,32). The summed E-state index contributed by atoms with van der Waals surface area (Å²) in [6, 6.07) is 10.6. The maximum absolute atomic E-state index is 4.96. The summed E-state index contributed by atoms with van der Waals surface area (Å²) in [5.74, 6) is 3.44. The number of tetrazole rings is 1. The highest BCUT2D eigenvalue weighted by Gasteiger charge is 2.18. The molecule has 0 aliphatic heterocycles. The summed E-state index contributed by atoms with van der Waals surface area (Å²) < 4.78 is 2.12. The monoisotopic (exact) mass is 442 g/mol. The Balaban J connectivity index is 1.34. The highest BCUT2D eigenvalue weighted by Crippen LogP contribution is 2.29. The Bertz CT molecular complexity index is 1160. The molecule has 3 heterocycles. The minimum absolute atomic E-state index is 0.611. The Morgan fingerprint density at radius 2 is 1.88 bits per heavy atom. The van der Waals surface area contributed by atoms with E-state index in [2.05, 4.69) is 61.5 Å². The second-order valence-corrected chi connectivity index (χ2v) is 8.92. The molecular formula is C25H30N8. The van der Waals surface area contributed by atoms with E-state index >= 15 is 0 Å². The summed E-state index contributed by atoms with van der Waals surface area (Å²) in [5, 5.41) is 19.1. The van der Waals surface area contributed by atoms with Crippen LogP contribution in [0.15, 0.2) is 42.7 Å². The van der Waals surface area contributed by atoms with Crippen LogP contribution in [-0.2, 0) is 19.4 Å². The van der Waals surface area contributed by atoms with Gasteiger partial charge in [-0.1, -0.05) is 63.3 Å². The first-order valence-corrected chi connectivity index (χ1v) is 12.0. The lowest BCUT2D eigenvalue weighted by atomic mass is 9.87. The summed E-state index contributed by atoms with van der Waals surface area (Å²) in [6.45, 7) is 3.11. The van der Waals surface area contributed by atoms with Crippen molar-refractivity contribution in [3.05, 3.63) is 59.9 Å². The van der Waals surface area contributed by atoms with E-state index < -0.39 is 0 Å². The Labute approximate surface area is 193 Å². The first-order valence-electron chi connectivity index (χ1n) is 12.0. The number of hydrogen-bond donors (Lipinski definition) is 1. The maximum atomic E-state index is 4.96. The van der Waals surface area contributed by atoms with E-state index in [4.69, 9.17) is 10.1 Å². The predicted molar refractivity (Wildman–Crippen MR) is 126 cm³/mol. The quantitative estimate of drug-likeness (QED) is 0.427. The fourth-order valence-corrected chi connectivity index (χ4v) is 4.78. The van der Waals surface area contributed by atoms with Crippen molar-refractivity contribution in [2.24, 2.45) is 5.92 Å². The molecule has 33 heavy (non-hydrogen) atoms. The van der Waals surface area contributed by atoms with Crippen molar-refractivity contribution in [1.82, 2.24) is 40.4 Å². The van der Waals surface area contributed by atoms with Gasteiger partial charge in [-0.3, -0.25) is 4.98 Å². The van der Waals surface area contributed by atoms with Crippen molar-refractivity contribution in [1.29, 1.82) is 0 Å². The second-order valence-electron chi connectivity index (χ2n) is 8.92. The molecule has 170 valence electrons. The number of hydrogen-bond acceptors (Lipinski definition) is 6. The van der Waals surface area contributed by atoms with Crippen LogP contribution < -0.4 is 0 Å². The van der Waals surface area contributed by atoms with Crippen molar-refractivity contribution in [2.45, 2.75) is 64.8 Å². The number of H-pyrrole nitrogens is 1. The Morgan fingerprint density at radius 3 is 2.64 bits per heavy atom. The molecule has 1 aliphatic rings. The largest absolute Gasteiger partial charge is 0.264 e. The van der Waals surface area contributed by atoms with E-state index in [1.807, 2.05) is 6.07 Å². The van der Waals surface area contributed by atoms with Crippen LogP contribution in [0, 0.1) is 5.92 Å². The first-order chi connectivity index (χ1) is 16.3. The molecule has 0 atom stereocenters. The Hall–Kier alpha value is -3.42.